The van der Waals surface area contributed by atoms with Crippen LogP contribution >= 0.6 is 15.9 Å². The van der Waals surface area contributed by atoms with E-state index in [0.717, 1.165) is 26.9 Å². The molecule has 4 rings (SSSR count). The van der Waals surface area contributed by atoms with Gasteiger partial charge in [-0.2, -0.15) is 0 Å². The van der Waals surface area contributed by atoms with Gasteiger partial charge in [-0.25, -0.2) is 0 Å². The van der Waals surface area contributed by atoms with E-state index in [0.29, 0.717) is 11.1 Å². The third-order valence-electron chi connectivity index (χ3n) is 4.20. The first-order valence-corrected chi connectivity index (χ1v) is 8.62. The van der Waals surface area contributed by atoms with Crippen molar-refractivity contribution in [2.75, 3.05) is 5.32 Å². The molecule has 0 spiro atoms. The molecule has 0 fully saturated rings. The molecular weight excluding hydrogens is 378 g/mol. The van der Waals surface area contributed by atoms with Crippen LogP contribution in [0.1, 0.15) is 11.1 Å². The Hall–Kier alpha value is -2.85. The summed E-state index contributed by atoms with van der Waals surface area (Å²) in [6.45, 7) is 0. The second-order valence-corrected chi connectivity index (χ2v) is 6.76. The van der Waals surface area contributed by atoms with Gasteiger partial charge in [-0.1, -0.05) is 58.4 Å². The summed E-state index contributed by atoms with van der Waals surface area (Å²) < 4.78 is 0.843. The van der Waals surface area contributed by atoms with E-state index < -0.39 is 0 Å². The zero-order chi connectivity index (χ0) is 17.4. The number of halogens is 1. The molecule has 25 heavy (non-hydrogen) atoms. The largest absolute Gasteiger partial charge is 0.507 e. The lowest BCUT2D eigenvalue weighted by molar-refractivity contribution is -0.110. The number of anilines is 1. The average molecular weight is 392 g/mol. The number of carbonyl (C=O) groups is 1. The quantitative estimate of drug-likeness (QED) is 0.581. The van der Waals surface area contributed by atoms with E-state index in [9.17, 15) is 9.90 Å². The Morgan fingerprint density at radius 3 is 2.52 bits per heavy atom. The van der Waals surface area contributed by atoms with E-state index in [2.05, 4.69) is 21.2 Å². The Morgan fingerprint density at radius 2 is 1.72 bits per heavy atom. The first-order valence-electron chi connectivity index (χ1n) is 7.83. The number of rotatable bonds is 2. The number of amides is 1. The van der Waals surface area contributed by atoms with Crippen molar-refractivity contribution in [1.29, 1.82) is 0 Å². The van der Waals surface area contributed by atoms with Gasteiger partial charge in [-0.3, -0.25) is 4.79 Å². The molecule has 0 aromatic heterocycles. The van der Waals surface area contributed by atoms with Gasteiger partial charge in [0.1, 0.15) is 5.75 Å². The van der Waals surface area contributed by atoms with Crippen LogP contribution in [0, 0.1) is 0 Å². The van der Waals surface area contributed by atoms with Gasteiger partial charge in [-0.05, 0) is 41.5 Å². The SMILES string of the molecule is O=C1Nc2cc(-c3ccccc3)ccc2C1=Cc1cc(Br)ccc1O. The van der Waals surface area contributed by atoms with E-state index in [4.69, 9.17) is 0 Å². The monoisotopic (exact) mass is 391 g/mol. The Kier molecular flexibility index (Phi) is 3.90. The van der Waals surface area contributed by atoms with E-state index in [-0.39, 0.29) is 11.7 Å². The molecule has 1 heterocycles. The number of carbonyl (C=O) groups excluding carboxylic acids is 1. The number of nitrogens with one attached hydrogen (secondary N) is 1. The molecule has 4 heteroatoms. The first kappa shape index (κ1) is 15.7. The maximum absolute atomic E-state index is 12.4. The molecule has 0 bridgehead atoms. The van der Waals surface area contributed by atoms with Crippen LogP contribution in [0.2, 0.25) is 0 Å². The molecule has 122 valence electrons. The van der Waals surface area contributed by atoms with Gasteiger partial charge in [0, 0.05) is 26.9 Å². The van der Waals surface area contributed by atoms with Gasteiger partial charge in [0.05, 0.1) is 0 Å². The van der Waals surface area contributed by atoms with Crippen LogP contribution in [-0.2, 0) is 4.79 Å². The van der Waals surface area contributed by atoms with Crippen molar-refractivity contribution in [1.82, 2.24) is 0 Å². The molecule has 3 aromatic rings. The fraction of sp³-hybridized carbons (Fsp3) is 0. The molecule has 3 aromatic carbocycles. The lowest BCUT2D eigenvalue weighted by Gasteiger charge is -2.05. The lowest BCUT2D eigenvalue weighted by Crippen LogP contribution is -2.03. The van der Waals surface area contributed by atoms with Crippen LogP contribution in [0.15, 0.2) is 71.2 Å². The lowest BCUT2D eigenvalue weighted by atomic mass is 9.99. The summed E-state index contributed by atoms with van der Waals surface area (Å²) in [5, 5.41) is 12.9. The predicted octanol–water partition coefficient (Wildman–Crippen LogP) is 5.31. The van der Waals surface area contributed by atoms with Gasteiger partial charge >= 0.3 is 0 Å². The van der Waals surface area contributed by atoms with E-state index in [1.54, 1.807) is 24.3 Å². The smallest absolute Gasteiger partial charge is 0.256 e. The van der Waals surface area contributed by atoms with Gasteiger partial charge in [0.15, 0.2) is 0 Å². The van der Waals surface area contributed by atoms with E-state index >= 15 is 0 Å². The topological polar surface area (TPSA) is 49.3 Å². The molecule has 1 amide bonds. The third kappa shape index (κ3) is 2.96. The summed E-state index contributed by atoms with van der Waals surface area (Å²) in [7, 11) is 0. The maximum atomic E-state index is 12.4. The predicted molar refractivity (Wildman–Crippen MR) is 104 cm³/mol. The zero-order valence-corrected chi connectivity index (χ0v) is 14.7. The molecule has 0 unspecified atom stereocenters. The molecule has 1 aliphatic rings. The summed E-state index contributed by atoms with van der Waals surface area (Å²) in [4.78, 5) is 12.4. The Morgan fingerprint density at radius 1 is 0.920 bits per heavy atom. The average Bonchev–Trinajstić information content (AvgIpc) is 2.93. The number of hydrogen-bond donors (Lipinski definition) is 2. The second kappa shape index (κ2) is 6.22. The fourth-order valence-corrected chi connectivity index (χ4v) is 3.32. The molecular formula is C21H14BrNO2. The minimum absolute atomic E-state index is 0.137. The third-order valence-corrected chi connectivity index (χ3v) is 4.69. The van der Waals surface area contributed by atoms with Crippen LogP contribution in [0.25, 0.3) is 22.8 Å². The first-order chi connectivity index (χ1) is 12.1. The van der Waals surface area contributed by atoms with E-state index in [1.165, 1.54) is 0 Å². The Balaban J connectivity index is 1.78. The zero-order valence-electron chi connectivity index (χ0n) is 13.2. The van der Waals surface area contributed by atoms with Crippen LogP contribution in [0.4, 0.5) is 5.69 Å². The van der Waals surface area contributed by atoms with Crippen molar-refractivity contribution in [3.63, 3.8) is 0 Å². The molecule has 0 radical (unpaired) electrons. The van der Waals surface area contributed by atoms with Crippen LogP contribution in [0.3, 0.4) is 0 Å². The minimum Gasteiger partial charge on any atom is -0.507 e. The van der Waals surface area contributed by atoms with Crippen LogP contribution in [-0.4, -0.2) is 11.0 Å². The number of benzene rings is 3. The van der Waals surface area contributed by atoms with Crippen molar-refractivity contribution in [2.24, 2.45) is 0 Å². The molecule has 0 saturated heterocycles. The molecule has 0 saturated carbocycles. The summed E-state index contributed by atoms with van der Waals surface area (Å²) in [6, 6.07) is 21.1. The normalized spacial score (nSPS) is 14.4. The molecule has 2 N–H and O–H groups in total. The summed E-state index contributed by atoms with van der Waals surface area (Å²) >= 11 is 3.39. The second-order valence-electron chi connectivity index (χ2n) is 5.84. The number of phenolic OH excluding ortho intramolecular Hbond substituents is 1. The molecule has 3 nitrogen and oxygen atoms in total. The highest BCUT2D eigenvalue weighted by Gasteiger charge is 2.24. The van der Waals surface area contributed by atoms with Crippen LogP contribution in [0.5, 0.6) is 5.75 Å². The number of fused-ring (bicyclic) bond motifs is 1. The summed E-state index contributed by atoms with van der Waals surface area (Å²) in [6.07, 6.45) is 1.71. The van der Waals surface area contributed by atoms with Crippen LogP contribution < -0.4 is 5.32 Å². The van der Waals surface area contributed by atoms with Gasteiger partial charge < -0.3 is 10.4 Å². The van der Waals surface area contributed by atoms with Gasteiger partial charge in [0.25, 0.3) is 5.91 Å². The minimum atomic E-state index is -0.167. The van der Waals surface area contributed by atoms with Crippen molar-refractivity contribution < 1.29 is 9.90 Å². The highest BCUT2D eigenvalue weighted by Crippen LogP contribution is 2.37. The van der Waals surface area contributed by atoms with Crippen molar-refractivity contribution in [3.05, 3.63) is 82.3 Å². The molecule has 0 aliphatic carbocycles. The van der Waals surface area contributed by atoms with E-state index in [1.807, 2.05) is 48.5 Å². The summed E-state index contributed by atoms with van der Waals surface area (Å²) in [5.74, 6) is -0.0301. The summed E-state index contributed by atoms with van der Waals surface area (Å²) in [5.41, 5.74) is 4.91. The maximum Gasteiger partial charge on any atom is 0.256 e. The standard InChI is InChI=1S/C21H14BrNO2/c22-16-7-9-20(24)15(10-16)11-18-17-8-6-14(12-19(17)23-21(18)25)13-4-2-1-3-5-13/h1-12,24H,(H,23,25). The number of hydrogen-bond acceptors (Lipinski definition) is 2. The number of aromatic hydroxyl groups is 1. The number of phenols is 1. The highest BCUT2D eigenvalue weighted by atomic mass is 79.9. The van der Waals surface area contributed by atoms with Crippen molar-refractivity contribution in [3.8, 4) is 16.9 Å². The van der Waals surface area contributed by atoms with Gasteiger partial charge in [0.2, 0.25) is 0 Å². The van der Waals surface area contributed by atoms with Crippen molar-refractivity contribution in [2.45, 2.75) is 0 Å². The van der Waals surface area contributed by atoms with Gasteiger partial charge in [-0.15, -0.1) is 0 Å². The van der Waals surface area contributed by atoms with Crippen molar-refractivity contribution >= 4 is 39.2 Å². The Labute approximate surface area is 153 Å². The molecule has 0 atom stereocenters. The highest BCUT2D eigenvalue weighted by molar-refractivity contribution is 9.10. The fourth-order valence-electron chi connectivity index (χ4n) is 2.94. The molecule has 1 aliphatic heterocycles. The Bertz CT molecular complexity index is 1010.